The number of benzene rings is 1. The van der Waals surface area contributed by atoms with Gasteiger partial charge in [0.25, 0.3) is 0 Å². The average Bonchev–Trinajstić information content (AvgIpc) is 2.82. The molecule has 0 atom stereocenters. The average molecular weight is 329 g/mol. The number of H-pyrrole nitrogens is 1. The van der Waals surface area contributed by atoms with Crippen molar-refractivity contribution in [2.24, 2.45) is 5.73 Å². The van der Waals surface area contributed by atoms with E-state index >= 15 is 0 Å². The van der Waals surface area contributed by atoms with Crippen molar-refractivity contribution in [1.29, 1.82) is 0 Å². The molecule has 6 nitrogen and oxygen atoms in total. The SMILES string of the molecule is NC(=S)c1cccc(S(=O)(=O)NCc2csc(=O)[nH]2)c1. The smallest absolute Gasteiger partial charge is 0.304 e. The molecule has 0 bridgehead atoms. The first-order chi connectivity index (χ1) is 9.38. The Labute approximate surface area is 124 Å². The van der Waals surface area contributed by atoms with Crippen LogP contribution in [0.25, 0.3) is 0 Å². The summed E-state index contributed by atoms with van der Waals surface area (Å²) in [6.45, 7) is 0.0123. The predicted molar refractivity (Wildman–Crippen MR) is 81.3 cm³/mol. The fraction of sp³-hybridized carbons (Fsp3) is 0.0909. The van der Waals surface area contributed by atoms with Gasteiger partial charge < -0.3 is 10.7 Å². The lowest BCUT2D eigenvalue weighted by Crippen LogP contribution is -2.24. The molecule has 106 valence electrons. The summed E-state index contributed by atoms with van der Waals surface area (Å²) in [5, 5.41) is 1.57. The summed E-state index contributed by atoms with van der Waals surface area (Å²) in [6.07, 6.45) is 0. The number of sulfonamides is 1. The summed E-state index contributed by atoms with van der Waals surface area (Å²) in [7, 11) is -3.69. The van der Waals surface area contributed by atoms with Gasteiger partial charge in [0.1, 0.15) is 4.99 Å². The molecule has 9 heteroatoms. The van der Waals surface area contributed by atoms with Crippen molar-refractivity contribution in [1.82, 2.24) is 9.71 Å². The van der Waals surface area contributed by atoms with Crippen LogP contribution in [0.4, 0.5) is 0 Å². The van der Waals surface area contributed by atoms with Crippen LogP contribution >= 0.6 is 23.6 Å². The Hall–Kier alpha value is -1.55. The van der Waals surface area contributed by atoms with Crippen LogP contribution in [0.5, 0.6) is 0 Å². The summed E-state index contributed by atoms with van der Waals surface area (Å²) >= 11 is 5.79. The van der Waals surface area contributed by atoms with E-state index in [2.05, 4.69) is 9.71 Å². The fourth-order valence-corrected chi connectivity index (χ4v) is 3.23. The van der Waals surface area contributed by atoms with Crippen LogP contribution in [-0.2, 0) is 16.6 Å². The minimum Gasteiger partial charge on any atom is -0.389 e. The first-order valence-corrected chi connectivity index (χ1v) is 8.22. The van der Waals surface area contributed by atoms with E-state index in [9.17, 15) is 13.2 Å². The number of nitrogens with two attached hydrogens (primary N) is 1. The highest BCUT2D eigenvalue weighted by Gasteiger charge is 2.15. The summed E-state index contributed by atoms with van der Waals surface area (Å²) < 4.78 is 26.6. The van der Waals surface area contributed by atoms with E-state index in [1.54, 1.807) is 17.5 Å². The van der Waals surface area contributed by atoms with Crippen LogP contribution in [0, 0.1) is 0 Å². The van der Waals surface area contributed by atoms with Crippen LogP contribution in [0.3, 0.4) is 0 Å². The summed E-state index contributed by atoms with van der Waals surface area (Å²) in [5.74, 6) is 0. The highest BCUT2D eigenvalue weighted by molar-refractivity contribution is 7.89. The van der Waals surface area contributed by atoms with E-state index in [4.69, 9.17) is 18.0 Å². The van der Waals surface area contributed by atoms with Gasteiger partial charge in [-0.25, -0.2) is 13.1 Å². The molecule has 0 spiro atoms. The molecule has 1 aromatic heterocycles. The van der Waals surface area contributed by atoms with Crippen LogP contribution in [0.15, 0.2) is 39.3 Å². The van der Waals surface area contributed by atoms with Gasteiger partial charge in [-0.05, 0) is 12.1 Å². The van der Waals surface area contributed by atoms with Gasteiger partial charge in [-0.1, -0.05) is 35.7 Å². The van der Waals surface area contributed by atoms with Gasteiger partial charge in [-0.2, -0.15) is 0 Å². The molecule has 0 radical (unpaired) electrons. The summed E-state index contributed by atoms with van der Waals surface area (Å²) in [4.78, 5) is 13.5. The third kappa shape index (κ3) is 3.51. The van der Waals surface area contributed by atoms with Crippen molar-refractivity contribution in [2.75, 3.05) is 0 Å². The molecule has 0 aliphatic heterocycles. The second-order valence-corrected chi connectivity index (χ2v) is 6.94. The summed E-state index contributed by atoms with van der Waals surface area (Å²) in [5.41, 5.74) is 6.46. The van der Waals surface area contributed by atoms with Crippen LogP contribution in [0.2, 0.25) is 0 Å². The topological polar surface area (TPSA) is 105 Å². The zero-order valence-corrected chi connectivity index (χ0v) is 12.6. The number of rotatable bonds is 5. The zero-order chi connectivity index (χ0) is 14.8. The normalized spacial score (nSPS) is 11.4. The molecular formula is C11H11N3O3S3. The van der Waals surface area contributed by atoms with Gasteiger partial charge in [0.05, 0.1) is 11.4 Å². The minimum absolute atomic E-state index is 0.0123. The van der Waals surface area contributed by atoms with Gasteiger partial charge in [0.15, 0.2) is 0 Å². The highest BCUT2D eigenvalue weighted by Crippen LogP contribution is 2.12. The first kappa shape index (κ1) is 14.9. The lowest BCUT2D eigenvalue weighted by molar-refractivity contribution is 0.580. The van der Waals surface area contributed by atoms with E-state index in [0.29, 0.717) is 11.3 Å². The number of hydrogen-bond donors (Lipinski definition) is 3. The van der Waals surface area contributed by atoms with Crippen molar-refractivity contribution in [3.05, 3.63) is 50.6 Å². The molecule has 4 N–H and O–H groups in total. The van der Waals surface area contributed by atoms with Crippen molar-refractivity contribution in [3.63, 3.8) is 0 Å². The van der Waals surface area contributed by atoms with Crippen LogP contribution in [-0.4, -0.2) is 18.4 Å². The summed E-state index contributed by atoms with van der Waals surface area (Å²) in [6, 6.07) is 6.05. The lowest BCUT2D eigenvalue weighted by Gasteiger charge is -2.07. The number of thiazole rings is 1. The Morgan fingerprint density at radius 1 is 1.45 bits per heavy atom. The van der Waals surface area contributed by atoms with Gasteiger partial charge >= 0.3 is 4.87 Å². The first-order valence-electron chi connectivity index (χ1n) is 5.45. The van der Waals surface area contributed by atoms with E-state index in [-0.39, 0.29) is 21.3 Å². The molecule has 20 heavy (non-hydrogen) atoms. The molecule has 0 aliphatic carbocycles. The molecule has 0 aliphatic rings. The lowest BCUT2D eigenvalue weighted by atomic mass is 10.2. The largest absolute Gasteiger partial charge is 0.389 e. The van der Waals surface area contributed by atoms with E-state index in [1.807, 2.05) is 0 Å². The van der Waals surface area contributed by atoms with E-state index < -0.39 is 10.0 Å². The molecule has 1 heterocycles. The Bertz CT molecular complexity index is 792. The molecule has 0 saturated carbocycles. The Morgan fingerprint density at radius 3 is 2.80 bits per heavy atom. The van der Waals surface area contributed by atoms with Crippen molar-refractivity contribution < 1.29 is 8.42 Å². The molecule has 0 saturated heterocycles. The number of hydrogen-bond acceptors (Lipinski definition) is 5. The van der Waals surface area contributed by atoms with Gasteiger partial charge in [0.2, 0.25) is 10.0 Å². The molecule has 1 aromatic carbocycles. The number of aromatic amines is 1. The third-order valence-electron chi connectivity index (χ3n) is 2.45. The van der Waals surface area contributed by atoms with Crippen LogP contribution < -0.4 is 15.3 Å². The number of thiocarbonyl (C=S) groups is 1. The number of aromatic nitrogens is 1. The molecule has 2 aromatic rings. The monoisotopic (exact) mass is 329 g/mol. The van der Waals surface area contributed by atoms with E-state index in [0.717, 1.165) is 11.3 Å². The molecule has 0 fully saturated rings. The van der Waals surface area contributed by atoms with Gasteiger partial charge in [-0.15, -0.1) is 0 Å². The van der Waals surface area contributed by atoms with Crippen LogP contribution in [0.1, 0.15) is 11.3 Å². The van der Waals surface area contributed by atoms with Gasteiger partial charge in [0, 0.05) is 16.6 Å². The van der Waals surface area contributed by atoms with Crippen molar-refractivity contribution in [3.8, 4) is 0 Å². The molecule has 0 unspecified atom stereocenters. The molecule has 2 rings (SSSR count). The Balaban J connectivity index is 2.20. The maximum absolute atomic E-state index is 12.1. The number of nitrogens with one attached hydrogen (secondary N) is 2. The molecule has 0 amide bonds. The zero-order valence-electron chi connectivity index (χ0n) is 10.1. The fourth-order valence-electron chi connectivity index (χ4n) is 1.47. The van der Waals surface area contributed by atoms with Crippen molar-refractivity contribution in [2.45, 2.75) is 11.4 Å². The maximum Gasteiger partial charge on any atom is 0.304 e. The predicted octanol–water partition coefficient (Wildman–Crippen LogP) is 0.549. The van der Waals surface area contributed by atoms with Crippen molar-refractivity contribution >= 4 is 38.6 Å². The quantitative estimate of drug-likeness (QED) is 0.695. The maximum atomic E-state index is 12.1. The second kappa shape index (κ2) is 5.83. The second-order valence-electron chi connectivity index (χ2n) is 3.89. The van der Waals surface area contributed by atoms with E-state index in [1.165, 1.54) is 12.1 Å². The van der Waals surface area contributed by atoms with Gasteiger partial charge in [-0.3, -0.25) is 4.79 Å². The standard InChI is InChI=1S/C11H11N3O3S3/c12-10(18)7-2-1-3-9(4-7)20(16,17)13-5-8-6-19-11(15)14-8/h1-4,6,13H,5H2,(H2,12,18)(H,14,15). The third-order valence-corrected chi connectivity index (χ3v) is 4.81. The molecular weight excluding hydrogens is 318 g/mol. The minimum atomic E-state index is -3.69. The Kier molecular flexibility index (Phi) is 4.33. The Morgan fingerprint density at radius 2 is 2.20 bits per heavy atom. The highest BCUT2D eigenvalue weighted by atomic mass is 32.2.